The van der Waals surface area contributed by atoms with E-state index in [0.29, 0.717) is 5.69 Å². The highest BCUT2D eigenvalue weighted by Gasteiger charge is 2.11. The van der Waals surface area contributed by atoms with Crippen LogP contribution in [0.2, 0.25) is 0 Å². The number of hydrogen-bond acceptors (Lipinski definition) is 3. The van der Waals surface area contributed by atoms with Crippen LogP contribution in [-0.4, -0.2) is 18.0 Å². The summed E-state index contributed by atoms with van der Waals surface area (Å²) in [6.07, 6.45) is 4.91. The lowest BCUT2D eigenvalue weighted by Gasteiger charge is -2.02. The Labute approximate surface area is 128 Å². The Kier molecular flexibility index (Phi) is 5.63. The minimum absolute atomic E-state index is 0.551. The Morgan fingerprint density at radius 3 is 2.18 bits per heavy atom. The van der Waals surface area contributed by atoms with Crippen LogP contribution in [0, 0.1) is 0 Å². The number of hydrazone groups is 1. The average molecular weight is 293 g/mol. The van der Waals surface area contributed by atoms with E-state index in [1.807, 2.05) is 42.5 Å². The molecule has 0 unspecified atom stereocenters. The molecule has 0 fully saturated rings. The van der Waals surface area contributed by atoms with E-state index in [1.54, 1.807) is 30.3 Å². The number of benzene rings is 2. The van der Waals surface area contributed by atoms with Crippen LogP contribution in [0.15, 0.2) is 71.8 Å². The van der Waals surface area contributed by atoms with Crippen LogP contribution in [0.25, 0.3) is 6.08 Å². The summed E-state index contributed by atoms with van der Waals surface area (Å²) < 4.78 is 0. The van der Waals surface area contributed by atoms with Crippen molar-refractivity contribution in [1.29, 1.82) is 0 Å². The molecule has 0 bridgehead atoms. The number of hydrogen-bond donors (Lipinski definition) is 2. The predicted octanol–water partition coefficient (Wildman–Crippen LogP) is 2.44. The van der Waals surface area contributed by atoms with Gasteiger partial charge in [0.25, 0.3) is 0 Å². The van der Waals surface area contributed by atoms with Crippen molar-refractivity contribution in [2.45, 2.75) is 0 Å². The Morgan fingerprint density at radius 1 is 0.864 bits per heavy atom. The number of rotatable bonds is 4. The number of nitrogens with zero attached hydrogens (tertiary/aromatic N) is 1. The number of anilines is 1. The van der Waals surface area contributed by atoms with Crippen molar-refractivity contribution in [1.82, 2.24) is 5.43 Å². The Balaban J connectivity index is 1.78. The maximum atomic E-state index is 11.6. The van der Waals surface area contributed by atoms with Gasteiger partial charge in [-0.2, -0.15) is 5.10 Å². The standard InChI is InChI=1S/C17H15N3O2/c21-16(19-15-11-5-2-6-12-15)17(22)20-18-13-7-10-14-8-3-1-4-9-14/h1-13H,(H,19,21)(H,20,22)/b10-7+,18-13-. The van der Waals surface area contributed by atoms with Crippen LogP contribution in [0.4, 0.5) is 5.69 Å². The van der Waals surface area contributed by atoms with Crippen molar-refractivity contribution in [3.8, 4) is 0 Å². The van der Waals surface area contributed by atoms with Gasteiger partial charge in [0.15, 0.2) is 0 Å². The second-order valence-corrected chi connectivity index (χ2v) is 4.31. The molecule has 0 saturated heterocycles. The molecule has 0 heterocycles. The molecule has 0 atom stereocenters. The third-order valence-electron chi connectivity index (χ3n) is 2.65. The maximum Gasteiger partial charge on any atom is 0.329 e. The molecule has 0 radical (unpaired) electrons. The molecule has 5 heteroatoms. The molecule has 2 N–H and O–H groups in total. The van der Waals surface area contributed by atoms with E-state index in [-0.39, 0.29) is 0 Å². The van der Waals surface area contributed by atoms with Crippen LogP contribution >= 0.6 is 0 Å². The molecule has 0 aromatic heterocycles. The van der Waals surface area contributed by atoms with E-state index in [2.05, 4.69) is 15.8 Å². The van der Waals surface area contributed by atoms with Crippen LogP contribution in [0.5, 0.6) is 0 Å². The van der Waals surface area contributed by atoms with Crippen molar-refractivity contribution in [2.24, 2.45) is 5.10 Å². The number of para-hydroxylation sites is 1. The highest BCUT2D eigenvalue weighted by Crippen LogP contribution is 2.04. The topological polar surface area (TPSA) is 70.6 Å². The Bertz CT molecular complexity index is 680. The summed E-state index contributed by atoms with van der Waals surface area (Å²) in [5, 5.41) is 6.14. The highest BCUT2D eigenvalue weighted by atomic mass is 16.2. The fraction of sp³-hybridized carbons (Fsp3) is 0. The molecule has 0 aliphatic carbocycles. The van der Waals surface area contributed by atoms with E-state index in [0.717, 1.165) is 5.56 Å². The van der Waals surface area contributed by atoms with E-state index >= 15 is 0 Å². The number of carbonyl (C=O) groups excluding carboxylic acids is 2. The van der Waals surface area contributed by atoms with E-state index in [4.69, 9.17) is 0 Å². The third kappa shape index (κ3) is 5.05. The molecule has 2 rings (SSSR count). The van der Waals surface area contributed by atoms with Gasteiger partial charge in [-0.05, 0) is 23.8 Å². The Hall–Kier alpha value is -3.21. The van der Waals surface area contributed by atoms with Gasteiger partial charge in [0, 0.05) is 11.9 Å². The fourth-order valence-electron chi connectivity index (χ4n) is 1.62. The summed E-state index contributed by atoms with van der Waals surface area (Å²) in [5.74, 6) is -1.59. The van der Waals surface area contributed by atoms with E-state index in [9.17, 15) is 9.59 Å². The zero-order chi connectivity index (χ0) is 15.6. The van der Waals surface area contributed by atoms with Crippen molar-refractivity contribution in [2.75, 3.05) is 5.32 Å². The molecule has 0 aliphatic heterocycles. The normalized spacial score (nSPS) is 10.7. The van der Waals surface area contributed by atoms with Gasteiger partial charge in [-0.15, -0.1) is 0 Å². The SMILES string of the molecule is O=C(N/N=C\C=C\c1ccccc1)C(=O)Nc1ccccc1. The minimum atomic E-state index is -0.826. The van der Waals surface area contributed by atoms with Gasteiger partial charge in [-0.3, -0.25) is 9.59 Å². The molecule has 5 nitrogen and oxygen atoms in total. The van der Waals surface area contributed by atoms with Crippen molar-refractivity contribution >= 4 is 29.8 Å². The first kappa shape index (κ1) is 15.2. The van der Waals surface area contributed by atoms with Gasteiger partial charge in [-0.25, -0.2) is 5.43 Å². The van der Waals surface area contributed by atoms with Crippen LogP contribution in [0.3, 0.4) is 0 Å². The second-order valence-electron chi connectivity index (χ2n) is 4.31. The van der Waals surface area contributed by atoms with Crippen LogP contribution < -0.4 is 10.7 Å². The molecule has 0 aliphatic rings. The monoisotopic (exact) mass is 293 g/mol. The maximum absolute atomic E-state index is 11.6. The number of nitrogens with one attached hydrogen (secondary N) is 2. The van der Waals surface area contributed by atoms with Crippen molar-refractivity contribution < 1.29 is 9.59 Å². The first-order valence-corrected chi connectivity index (χ1v) is 6.67. The lowest BCUT2D eigenvalue weighted by Crippen LogP contribution is -2.32. The lowest BCUT2D eigenvalue weighted by molar-refractivity contribution is -0.136. The van der Waals surface area contributed by atoms with Gasteiger partial charge in [0.1, 0.15) is 0 Å². The zero-order valence-electron chi connectivity index (χ0n) is 11.8. The van der Waals surface area contributed by atoms with Gasteiger partial charge in [-0.1, -0.05) is 54.6 Å². The van der Waals surface area contributed by atoms with Gasteiger partial charge in [0.2, 0.25) is 0 Å². The van der Waals surface area contributed by atoms with Crippen molar-refractivity contribution in [3.05, 3.63) is 72.3 Å². The van der Waals surface area contributed by atoms with Gasteiger partial charge >= 0.3 is 11.8 Å². The molecule has 0 spiro atoms. The number of allylic oxidation sites excluding steroid dienone is 1. The molecule has 0 saturated carbocycles. The van der Waals surface area contributed by atoms with Crippen molar-refractivity contribution in [3.63, 3.8) is 0 Å². The average Bonchev–Trinajstić information content (AvgIpc) is 2.56. The smallest absolute Gasteiger partial charge is 0.318 e. The highest BCUT2D eigenvalue weighted by molar-refractivity contribution is 6.39. The lowest BCUT2D eigenvalue weighted by atomic mass is 10.2. The molecule has 110 valence electrons. The Morgan fingerprint density at radius 2 is 1.50 bits per heavy atom. The van der Waals surface area contributed by atoms with E-state index < -0.39 is 11.8 Å². The number of amides is 2. The summed E-state index contributed by atoms with van der Waals surface area (Å²) in [5.41, 5.74) is 3.72. The third-order valence-corrected chi connectivity index (χ3v) is 2.65. The molecule has 2 aromatic carbocycles. The first-order chi connectivity index (χ1) is 10.8. The quantitative estimate of drug-likeness (QED) is 0.516. The molecule has 22 heavy (non-hydrogen) atoms. The fourth-order valence-corrected chi connectivity index (χ4v) is 1.62. The summed E-state index contributed by atoms with van der Waals surface area (Å²) in [6, 6.07) is 18.4. The van der Waals surface area contributed by atoms with Crippen LogP contribution in [-0.2, 0) is 9.59 Å². The summed E-state index contributed by atoms with van der Waals surface area (Å²) in [7, 11) is 0. The first-order valence-electron chi connectivity index (χ1n) is 6.67. The summed E-state index contributed by atoms with van der Waals surface area (Å²) in [6.45, 7) is 0. The van der Waals surface area contributed by atoms with Crippen LogP contribution in [0.1, 0.15) is 5.56 Å². The molecule has 2 amide bonds. The zero-order valence-corrected chi connectivity index (χ0v) is 11.8. The second kappa shape index (κ2) is 8.16. The molecule has 2 aromatic rings. The van der Waals surface area contributed by atoms with E-state index in [1.165, 1.54) is 6.21 Å². The largest absolute Gasteiger partial charge is 0.329 e. The minimum Gasteiger partial charge on any atom is -0.318 e. The molecular formula is C17H15N3O2. The predicted molar refractivity (Wildman–Crippen MR) is 87.2 cm³/mol. The number of carbonyl (C=O) groups is 2. The van der Waals surface area contributed by atoms with Gasteiger partial charge in [0.05, 0.1) is 0 Å². The molecular weight excluding hydrogens is 278 g/mol. The summed E-state index contributed by atoms with van der Waals surface area (Å²) in [4.78, 5) is 23.1. The summed E-state index contributed by atoms with van der Waals surface area (Å²) >= 11 is 0. The van der Waals surface area contributed by atoms with Gasteiger partial charge < -0.3 is 5.32 Å².